The van der Waals surface area contributed by atoms with Crippen LogP contribution in [-0.4, -0.2) is 73.3 Å². The fourth-order valence-corrected chi connectivity index (χ4v) is 5.74. The maximum absolute atomic E-state index is 13.6. The maximum atomic E-state index is 13.6. The Bertz CT molecular complexity index is 1990. The van der Waals surface area contributed by atoms with E-state index in [1.807, 2.05) is 61.5 Å². The number of hydrogen-bond acceptors (Lipinski definition) is 9. The summed E-state index contributed by atoms with van der Waals surface area (Å²) in [5.41, 5.74) is 3.41. The molecule has 51 heavy (non-hydrogen) atoms. The summed E-state index contributed by atoms with van der Waals surface area (Å²) in [6.07, 6.45) is 1.73. The molecule has 14 heteroatoms. The molecule has 0 aliphatic carbocycles. The highest BCUT2D eigenvalue weighted by molar-refractivity contribution is 6.07. The molecule has 14 nitrogen and oxygen atoms in total. The number of aryl methyl sites for hydroxylation is 1. The van der Waals surface area contributed by atoms with Crippen LogP contribution in [0.4, 0.5) is 27.9 Å². The van der Waals surface area contributed by atoms with Gasteiger partial charge in [-0.25, -0.2) is 14.5 Å². The topological polar surface area (TPSA) is 167 Å². The fourth-order valence-electron chi connectivity index (χ4n) is 5.74. The average molecular weight is 694 g/mol. The van der Waals surface area contributed by atoms with Gasteiger partial charge in [-0.2, -0.15) is 5.10 Å². The summed E-state index contributed by atoms with van der Waals surface area (Å²) in [5.74, 6) is 0.957. The lowest BCUT2D eigenvalue weighted by atomic mass is 9.97. The molecule has 0 saturated carbocycles. The molecule has 1 saturated heterocycles. The van der Waals surface area contributed by atoms with Gasteiger partial charge in [-0.3, -0.25) is 14.9 Å². The molecule has 0 spiro atoms. The minimum absolute atomic E-state index is 0.145. The van der Waals surface area contributed by atoms with E-state index in [9.17, 15) is 14.4 Å². The van der Waals surface area contributed by atoms with Crippen LogP contribution in [0, 0.1) is 6.92 Å². The molecule has 1 aliphatic rings. The van der Waals surface area contributed by atoms with Gasteiger partial charge in [0.1, 0.15) is 42.2 Å². The molecule has 0 atom stereocenters. The van der Waals surface area contributed by atoms with Crippen LogP contribution in [-0.2, 0) is 23.8 Å². The number of urea groups is 1. The largest absolute Gasteiger partial charge is 0.456 e. The van der Waals surface area contributed by atoms with Crippen LogP contribution < -0.4 is 26.0 Å². The Balaban J connectivity index is 1.25. The van der Waals surface area contributed by atoms with Gasteiger partial charge in [0, 0.05) is 62.3 Å². The van der Waals surface area contributed by atoms with Gasteiger partial charge in [0.2, 0.25) is 0 Å². The quantitative estimate of drug-likeness (QED) is 0.118. The number of anilines is 4. The Labute approximate surface area is 294 Å². The Morgan fingerprint density at radius 2 is 1.45 bits per heavy atom. The Morgan fingerprint density at radius 3 is 2.10 bits per heavy atom. The van der Waals surface area contributed by atoms with Crippen LogP contribution in [0.1, 0.15) is 30.0 Å². The van der Waals surface area contributed by atoms with E-state index in [-0.39, 0.29) is 30.8 Å². The molecule has 6 rings (SSSR count). The first-order valence-electron chi connectivity index (χ1n) is 16.4. The lowest BCUT2D eigenvalue weighted by Gasteiger charge is -2.19. The smallest absolute Gasteiger partial charge is 0.324 e. The summed E-state index contributed by atoms with van der Waals surface area (Å²) in [6.45, 7) is 3.01. The van der Waals surface area contributed by atoms with Crippen LogP contribution in [0.15, 0.2) is 78.9 Å². The maximum Gasteiger partial charge on any atom is 0.324 e. The van der Waals surface area contributed by atoms with E-state index in [1.165, 1.54) is 26.4 Å². The predicted molar refractivity (Wildman–Crippen MR) is 193 cm³/mol. The van der Waals surface area contributed by atoms with E-state index < -0.39 is 17.8 Å². The number of fused-ring (bicyclic) bond motifs is 1. The molecule has 0 bridgehead atoms. The van der Waals surface area contributed by atoms with Gasteiger partial charge >= 0.3 is 6.03 Å². The van der Waals surface area contributed by atoms with Gasteiger partial charge in [-0.1, -0.05) is 42.0 Å². The minimum Gasteiger partial charge on any atom is -0.456 e. The van der Waals surface area contributed by atoms with Crippen molar-refractivity contribution in [3.8, 4) is 17.2 Å². The number of rotatable bonds is 12. The predicted octanol–water partition coefficient (Wildman–Crippen LogP) is 6.23. The van der Waals surface area contributed by atoms with Crippen LogP contribution in [0.5, 0.6) is 11.5 Å². The highest BCUT2D eigenvalue weighted by Gasteiger charge is 2.22. The first-order chi connectivity index (χ1) is 24.8. The molecular formula is C37H39N7O7. The number of ether oxygens (including phenoxy) is 4. The first-order valence-corrected chi connectivity index (χ1v) is 16.4. The summed E-state index contributed by atoms with van der Waals surface area (Å²) in [5, 5.41) is 17.6. The number of nitrogens with one attached hydrogen (secondary N) is 4. The zero-order valence-corrected chi connectivity index (χ0v) is 28.5. The van der Waals surface area contributed by atoms with Crippen molar-refractivity contribution < 1.29 is 33.3 Å². The normalized spacial score (nSPS) is 13.1. The van der Waals surface area contributed by atoms with Gasteiger partial charge in [-0.05, 0) is 44.0 Å². The molecule has 3 aromatic carbocycles. The van der Waals surface area contributed by atoms with Crippen LogP contribution in [0.25, 0.3) is 16.5 Å². The zero-order valence-electron chi connectivity index (χ0n) is 28.5. The Kier molecular flexibility index (Phi) is 11.2. The number of methoxy groups -OCH3 is 2. The third-order valence-electron chi connectivity index (χ3n) is 8.13. The van der Waals surface area contributed by atoms with Gasteiger partial charge < -0.3 is 34.9 Å². The van der Waals surface area contributed by atoms with Crippen molar-refractivity contribution in [2.24, 2.45) is 0 Å². The lowest BCUT2D eigenvalue weighted by molar-refractivity contribution is -0.120. The van der Waals surface area contributed by atoms with E-state index in [4.69, 9.17) is 24.0 Å². The van der Waals surface area contributed by atoms with E-state index in [0.29, 0.717) is 41.6 Å². The van der Waals surface area contributed by atoms with E-state index in [1.54, 1.807) is 16.8 Å². The van der Waals surface area contributed by atoms with Crippen molar-refractivity contribution >= 4 is 51.8 Å². The third-order valence-corrected chi connectivity index (χ3v) is 8.13. The highest BCUT2D eigenvalue weighted by Crippen LogP contribution is 2.36. The van der Waals surface area contributed by atoms with Gasteiger partial charge in [0.15, 0.2) is 0 Å². The number of amides is 4. The third kappa shape index (κ3) is 8.86. The summed E-state index contributed by atoms with van der Waals surface area (Å²) in [7, 11) is 2.81. The van der Waals surface area contributed by atoms with Crippen LogP contribution >= 0.6 is 0 Å². The van der Waals surface area contributed by atoms with Gasteiger partial charge in [-0.15, -0.1) is 0 Å². The van der Waals surface area contributed by atoms with E-state index in [0.717, 1.165) is 35.2 Å². The average Bonchev–Trinajstić information content (AvgIpc) is 3.53. The zero-order chi connectivity index (χ0) is 35.7. The van der Waals surface area contributed by atoms with Gasteiger partial charge in [0.25, 0.3) is 11.8 Å². The number of nitrogens with zero attached hydrogens (tertiary/aromatic N) is 3. The number of pyridine rings is 1. The van der Waals surface area contributed by atoms with Gasteiger partial charge in [0.05, 0.1) is 17.1 Å². The lowest BCUT2D eigenvalue weighted by Crippen LogP contribution is -2.21. The van der Waals surface area contributed by atoms with Crippen LogP contribution in [0.3, 0.4) is 0 Å². The highest BCUT2D eigenvalue weighted by atomic mass is 16.5. The van der Waals surface area contributed by atoms with Crippen molar-refractivity contribution in [2.45, 2.75) is 25.7 Å². The Morgan fingerprint density at radius 1 is 0.804 bits per heavy atom. The molecule has 5 aromatic rings. The summed E-state index contributed by atoms with van der Waals surface area (Å²) in [4.78, 5) is 42.3. The van der Waals surface area contributed by atoms with Crippen molar-refractivity contribution in [1.29, 1.82) is 0 Å². The second kappa shape index (κ2) is 16.3. The molecule has 4 N–H and O–H groups in total. The molecule has 0 radical (unpaired) electrons. The van der Waals surface area contributed by atoms with E-state index in [2.05, 4.69) is 26.3 Å². The monoisotopic (exact) mass is 693 g/mol. The fraction of sp³-hybridized carbons (Fsp3) is 0.270. The summed E-state index contributed by atoms with van der Waals surface area (Å²) in [6, 6.07) is 23.4. The second-order valence-electron chi connectivity index (χ2n) is 12.0. The second-order valence-corrected chi connectivity index (χ2v) is 12.0. The minimum atomic E-state index is -0.442. The number of carbonyl (C=O) groups is 3. The molecular weight excluding hydrogens is 654 g/mol. The molecule has 2 aromatic heterocycles. The molecule has 4 amide bonds. The first kappa shape index (κ1) is 35.0. The summed E-state index contributed by atoms with van der Waals surface area (Å²) < 4.78 is 23.4. The Hall–Kier alpha value is -5.83. The van der Waals surface area contributed by atoms with Crippen LogP contribution in [0.2, 0.25) is 0 Å². The van der Waals surface area contributed by atoms with Crippen molar-refractivity contribution in [3.05, 3.63) is 90.1 Å². The molecule has 1 aliphatic heterocycles. The molecule has 1 fully saturated rings. The van der Waals surface area contributed by atoms with E-state index >= 15 is 0 Å². The van der Waals surface area contributed by atoms with Crippen molar-refractivity contribution in [2.75, 3.05) is 61.9 Å². The van der Waals surface area contributed by atoms with Crippen molar-refractivity contribution in [3.63, 3.8) is 0 Å². The standard InChI is InChI=1S/C37H39N7O7/c1-23-8-10-25(11-9-23)44-34(20-30(43-44)24-14-16-50-17-15-24)42-37(47)38-29-12-13-31(28-7-5-4-6-27(28)29)51-26-18-32(40-35(45)21-48-2)39-33(19-26)41-36(46)22-49-3/h4-13,18-20,24H,14-17,21-22H2,1-3H3,(H2,38,42,47)(H2,39,40,41,45,46). The molecule has 3 heterocycles. The SMILES string of the molecule is COCC(=O)Nc1cc(Oc2ccc(NC(=O)Nc3cc(C4CCOCC4)nn3-c3ccc(C)cc3)c3ccccc23)cc(NC(=O)COC)n1. The number of aromatic nitrogens is 3. The number of hydrogen-bond donors (Lipinski definition) is 4. The molecule has 0 unspecified atom stereocenters. The number of benzene rings is 3. The molecule has 264 valence electrons. The van der Waals surface area contributed by atoms with Crippen molar-refractivity contribution in [1.82, 2.24) is 14.8 Å². The summed E-state index contributed by atoms with van der Waals surface area (Å²) >= 11 is 0. The number of carbonyl (C=O) groups excluding carboxylic acids is 3.